The van der Waals surface area contributed by atoms with E-state index in [0.717, 1.165) is 12.1 Å². The van der Waals surface area contributed by atoms with Crippen LogP contribution in [-0.2, 0) is 0 Å². The van der Waals surface area contributed by atoms with Gasteiger partial charge in [-0.25, -0.2) is 4.98 Å². The summed E-state index contributed by atoms with van der Waals surface area (Å²) < 4.78 is 0. The first kappa shape index (κ1) is 14.3. The topological polar surface area (TPSA) is 59.2 Å². The number of halogens is 1. The summed E-state index contributed by atoms with van der Waals surface area (Å²) in [6, 6.07) is 10.5. The van der Waals surface area contributed by atoms with E-state index >= 15 is 0 Å². The molecule has 1 aromatic heterocycles. The summed E-state index contributed by atoms with van der Waals surface area (Å²) in [5, 5.41) is 0.507. The molecule has 0 aliphatic heterocycles. The van der Waals surface area contributed by atoms with Crippen molar-refractivity contribution >= 4 is 28.9 Å². The number of hydrogen-bond acceptors (Lipinski definition) is 3. The standard InChI is InChI=1S/C15H16ClN3O/c1-2-8-19(13-5-3-4-12(17)9-13)15(20)14-7-6-11(16)10-18-14/h3-7,9-10H,2,8,17H2,1H3. The number of aromatic nitrogens is 1. The monoisotopic (exact) mass is 289 g/mol. The number of rotatable bonds is 4. The van der Waals surface area contributed by atoms with Crippen LogP contribution in [0.3, 0.4) is 0 Å². The van der Waals surface area contributed by atoms with Crippen LogP contribution in [0.4, 0.5) is 11.4 Å². The van der Waals surface area contributed by atoms with Crippen molar-refractivity contribution < 1.29 is 4.79 Å². The molecule has 0 fully saturated rings. The predicted molar refractivity (Wildman–Crippen MR) is 82.1 cm³/mol. The Labute approximate surface area is 123 Å². The molecule has 4 nitrogen and oxygen atoms in total. The molecule has 1 heterocycles. The molecule has 0 aliphatic rings. The number of benzene rings is 1. The van der Waals surface area contributed by atoms with Gasteiger partial charge in [0.2, 0.25) is 0 Å². The summed E-state index contributed by atoms with van der Waals surface area (Å²) in [6.45, 7) is 2.62. The molecule has 20 heavy (non-hydrogen) atoms. The molecule has 2 rings (SSSR count). The summed E-state index contributed by atoms with van der Waals surface area (Å²) in [4.78, 5) is 18.3. The van der Waals surface area contributed by atoms with Gasteiger partial charge in [-0.2, -0.15) is 0 Å². The molecule has 0 unspecified atom stereocenters. The van der Waals surface area contributed by atoms with Gasteiger partial charge in [0.15, 0.2) is 0 Å². The molecule has 0 spiro atoms. The molecule has 2 N–H and O–H groups in total. The Morgan fingerprint density at radius 2 is 2.15 bits per heavy atom. The van der Waals surface area contributed by atoms with Gasteiger partial charge >= 0.3 is 0 Å². The highest BCUT2D eigenvalue weighted by Crippen LogP contribution is 2.20. The number of pyridine rings is 1. The Balaban J connectivity index is 2.33. The SMILES string of the molecule is CCCN(C(=O)c1ccc(Cl)cn1)c1cccc(N)c1. The zero-order chi connectivity index (χ0) is 14.5. The van der Waals surface area contributed by atoms with E-state index in [1.165, 1.54) is 6.20 Å². The maximum atomic E-state index is 12.5. The lowest BCUT2D eigenvalue weighted by Crippen LogP contribution is -2.32. The summed E-state index contributed by atoms with van der Waals surface area (Å²) in [5.74, 6) is -0.158. The largest absolute Gasteiger partial charge is 0.399 e. The molecule has 2 aromatic rings. The van der Waals surface area contributed by atoms with Crippen LogP contribution >= 0.6 is 11.6 Å². The lowest BCUT2D eigenvalue weighted by atomic mass is 10.2. The molecule has 104 valence electrons. The Morgan fingerprint density at radius 3 is 2.75 bits per heavy atom. The number of nitrogens with two attached hydrogens (primary N) is 1. The molecule has 5 heteroatoms. The maximum absolute atomic E-state index is 12.5. The van der Waals surface area contributed by atoms with E-state index < -0.39 is 0 Å². The second kappa shape index (κ2) is 6.39. The van der Waals surface area contributed by atoms with Crippen molar-refractivity contribution in [1.29, 1.82) is 0 Å². The average Bonchev–Trinajstić information content (AvgIpc) is 2.45. The molecule has 0 saturated carbocycles. The van der Waals surface area contributed by atoms with Crippen molar-refractivity contribution in [3.8, 4) is 0 Å². The van der Waals surface area contributed by atoms with Crippen molar-refractivity contribution in [3.63, 3.8) is 0 Å². The summed E-state index contributed by atoms with van der Waals surface area (Å²) >= 11 is 5.79. The van der Waals surface area contributed by atoms with Gasteiger partial charge in [-0.3, -0.25) is 4.79 Å². The molecule has 0 radical (unpaired) electrons. The van der Waals surface area contributed by atoms with Gasteiger partial charge in [-0.1, -0.05) is 24.6 Å². The Bertz CT molecular complexity index is 598. The number of amides is 1. The molecular formula is C15H16ClN3O. The highest BCUT2D eigenvalue weighted by Gasteiger charge is 2.18. The first-order valence-corrected chi connectivity index (χ1v) is 6.78. The van der Waals surface area contributed by atoms with E-state index in [4.69, 9.17) is 17.3 Å². The van der Waals surface area contributed by atoms with Gasteiger partial charge in [-0.15, -0.1) is 0 Å². The molecule has 0 bridgehead atoms. The van der Waals surface area contributed by atoms with Crippen molar-refractivity contribution in [2.45, 2.75) is 13.3 Å². The van der Waals surface area contributed by atoms with E-state index in [1.54, 1.807) is 29.2 Å². The van der Waals surface area contributed by atoms with Crippen LogP contribution in [0.25, 0.3) is 0 Å². The highest BCUT2D eigenvalue weighted by molar-refractivity contribution is 6.30. The lowest BCUT2D eigenvalue weighted by Gasteiger charge is -2.22. The van der Waals surface area contributed by atoms with Crippen LogP contribution < -0.4 is 10.6 Å². The molecule has 0 aliphatic carbocycles. The number of hydrogen-bond donors (Lipinski definition) is 1. The zero-order valence-electron chi connectivity index (χ0n) is 11.2. The minimum absolute atomic E-state index is 0.158. The van der Waals surface area contributed by atoms with Crippen LogP contribution in [0.2, 0.25) is 5.02 Å². The molecule has 0 saturated heterocycles. The van der Waals surface area contributed by atoms with Gasteiger partial charge in [0.1, 0.15) is 5.69 Å². The first-order chi connectivity index (χ1) is 9.61. The van der Waals surface area contributed by atoms with Crippen molar-refractivity contribution in [1.82, 2.24) is 4.98 Å². The Kier molecular flexibility index (Phi) is 4.58. The van der Waals surface area contributed by atoms with E-state index in [-0.39, 0.29) is 5.91 Å². The molecule has 1 aromatic carbocycles. The Hall–Kier alpha value is -2.07. The van der Waals surface area contributed by atoms with Crippen molar-refractivity contribution in [3.05, 3.63) is 53.3 Å². The Morgan fingerprint density at radius 1 is 1.35 bits per heavy atom. The van der Waals surface area contributed by atoms with Crippen LogP contribution in [0.15, 0.2) is 42.6 Å². The van der Waals surface area contributed by atoms with Crippen LogP contribution in [0, 0.1) is 0 Å². The molecule has 1 amide bonds. The van der Waals surface area contributed by atoms with Crippen LogP contribution in [-0.4, -0.2) is 17.4 Å². The first-order valence-electron chi connectivity index (χ1n) is 6.40. The van der Waals surface area contributed by atoms with Gasteiger partial charge in [0, 0.05) is 24.1 Å². The van der Waals surface area contributed by atoms with Crippen LogP contribution in [0.5, 0.6) is 0 Å². The second-order valence-electron chi connectivity index (χ2n) is 4.41. The number of anilines is 2. The number of nitrogen functional groups attached to an aromatic ring is 1. The van der Waals surface area contributed by atoms with Crippen molar-refractivity contribution in [2.24, 2.45) is 0 Å². The van der Waals surface area contributed by atoms with E-state index in [1.807, 2.05) is 19.1 Å². The smallest absolute Gasteiger partial charge is 0.276 e. The predicted octanol–water partition coefficient (Wildman–Crippen LogP) is 3.37. The maximum Gasteiger partial charge on any atom is 0.276 e. The lowest BCUT2D eigenvalue weighted by molar-refractivity contribution is 0.0982. The van der Waals surface area contributed by atoms with Gasteiger partial charge < -0.3 is 10.6 Å². The molecular weight excluding hydrogens is 274 g/mol. The summed E-state index contributed by atoms with van der Waals surface area (Å²) in [5.41, 5.74) is 7.54. The van der Waals surface area contributed by atoms with Crippen LogP contribution in [0.1, 0.15) is 23.8 Å². The van der Waals surface area contributed by atoms with E-state index in [0.29, 0.717) is 22.9 Å². The van der Waals surface area contributed by atoms with Gasteiger partial charge in [0.25, 0.3) is 5.91 Å². The third-order valence-electron chi connectivity index (χ3n) is 2.82. The van der Waals surface area contributed by atoms with E-state index in [2.05, 4.69) is 4.98 Å². The minimum Gasteiger partial charge on any atom is -0.399 e. The zero-order valence-corrected chi connectivity index (χ0v) is 12.0. The number of carbonyl (C=O) groups excluding carboxylic acids is 1. The quantitative estimate of drug-likeness (QED) is 0.878. The van der Waals surface area contributed by atoms with Crippen molar-refractivity contribution in [2.75, 3.05) is 17.2 Å². The fourth-order valence-electron chi connectivity index (χ4n) is 1.90. The average molecular weight is 290 g/mol. The third kappa shape index (κ3) is 3.27. The fraction of sp³-hybridized carbons (Fsp3) is 0.200. The fourth-order valence-corrected chi connectivity index (χ4v) is 2.02. The van der Waals surface area contributed by atoms with Gasteiger partial charge in [0.05, 0.1) is 5.02 Å². The van der Waals surface area contributed by atoms with Gasteiger partial charge in [-0.05, 0) is 36.8 Å². The normalized spacial score (nSPS) is 10.3. The third-order valence-corrected chi connectivity index (χ3v) is 3.04. The highest BCUT2D eigenvalue weighted by atomic mass is 35.5. The molecule has 0 atom stereocenters. The van der Waals surface area contributed by atoms with E-state index in [9.17, 15) is 4.79 Å². The minimum atomic E-state index is -0.158. The summed E-state index contributed by atoms with van der Waals surface area (Å²) in [6.07, 6.45) is 2.31. The number of carbonyl (C=O) groups is 1. The number of nitrogens with zero attached hydrogens (tertiary/aromatic N) is 2. The second-order valence-corrected chi connectivity index (χ2v) is 4.85. The summed E-state index contributed by atoms with van der Waals surface area (Å²) in [7, 11) is 0.